The normalized spacial score (nSPS) is 27.3. The van der Waals surface area contributed by atoms with E-state index in [-0.39, 0.29) is 5.41 Å². The van der Waals surface area contributed by atoms with E-state index in [1.54, 1.807) is 0 Å². The van der Waals surface area contributed by atoms with Gasteiger partial charge in [-0.15, -0.1) is 11.3 Å². The van der Waals surface area contributed by atoms with Crippen molar-refractivity contribution in [3.63, 3.8) is 0 Å². The summed E-state index contributed by atoms with van der Waals surface area (Å²) in [6.07, 6.45) is 1.54. The summed E-state index contributed by atoms with van der Waals surface area (Å²) in [5.74, 6) is 0.618. The summed E-state index contributed by atoms with van der Waals surface area (Å²) < 4.78 is 6.02. The van der Waals surface area contributed by atoms with Gasteiger partial charge in [0, 0.05) is 29.0 Å². The molecule has 2 rings (SSSR count). The maximum absolute atomic E-state index is 6.02. The molecule has 0 aromatic carbocycles. The molecule has 1 aliphatic rings. The van der Waals surface area contributed by atoms with Crippen LogP contribution in [0.4, 0.5) is 0 Å². The first-order chi connectivity index (χ1) is 8.91. The van der Waals surface area contributed by atoms with Crippen LogP contribution < -0.4 is 5.32 Å². The fourth-order valence-electron chi connectivity index (χ4n) is 2.68. The van der Waals surface area contributed by atoms with E-state index in [2.05, 4.69) is 57.4 Å². The molecule has 0 spiro atoms. The van der Waals surface area contributed by atoms with Crippen molar-refractivity contribution in [2.75, 3.05) is 6.61 Å². The van der Waals surface area contributed by atoms with Crippen LogP contribution in [0, 0.1) is 11.3 Å². The predicted octanol–water partition coefficient (Wildman–Crippen LogP) is 4.24. The Bertz CT molecular complexity index is 385. The van der Waals surface area contributed by atoms with Crippen molar-refractivity contribution in [3.05, 3.63) is 22.4 Å². The molecule has 0 bridgehead atoms. The SMILES string of the molecule is CC(C)COC1CC(NC(C)c2cccs2)C1(C)C. The highest BCUT2D eigenvalue weighted by Crippen LogP contribution is 2.44. The Morgan fingerprint density at radius 1 is 1.42 bits per heavy atom. The lowest BCUT2D eigenvalue weighted by molar-refractivity contribution is -0.125. The molecular formula is C16H27NOS. The quantitative estimate of drug-likeness (QED) is 0.842. The molecule has 0 saturated heterocycles. The van der Waals surface area contributed by atoms with Gasteiger partial charge >= 0.3 is 0 Å². The summed E-state index contributed by atoms with van der Waals surface area (Å²) in [6, 6.07) is 5.33. The van der Waals surface area contributed by atoms with E-state index in [1.165, 1.54) is 4.88 Å². The molecule has 0 aliphatic heterocycles. The highest BCUT2D eigenvalue weighted by atomic mass is 32.1. The molecule has 3 heteroatoms. The van der Waals surface area contributed by atoms with Crippen molar-refractivity contribution in [1.29, 1.82) is 0 Å². The standard InChI is InChI=1S/C16H27NOS/c1-11(2)10-18-15-9-14(16(15,4)5)17-12(3)13-7-6-8-19-13/h6-8,11-12,14-15,17H,9-10H2,1-5H3. The first-order valence-corrected chi connectivity index (χ1v) is 8.20. The lowest BCUT2D eigenvalue weighted by Crippen LogP contribution is -2.61. The molecule has 1 N–H and O–H groups in total. The second-order valence-electron chi connectivity index (χ2n) is 6.73. The topological polar surface area (TPSA) is 21.3 Å². The fourth-order valence-corrected chi connectivity index (χ4v) is 3.42. The second-order valence-corrected chi connectivity index (χ2v) is 7.71. The van der Waals surface area contributed by atoms with Crippen LogP contribution in [-0.2, 0) is 4.74 Å². The Hall–Kier alpha value is -0.380. The first-order valence-electron chi connectivity index (χ1n) is 7.32. The molecule has 1 saturated carbocycles. The van der Waals surface area contributed by atoms with Crippen LogP contribution in [0.15, 0.2) is 17.5 Å². The minimum absolute atomic E-state index is 0.237. The van der Waals surface area contributed by atoms with Gasteiger partial charge in [-0.05, 0) is 30.7 Å². The van der Waals surface area contributed by atoms with E-state index in [0.29, 0.717) is 24.1 Å². The largest absolute Gasteiger partial charge is 0.377 e. The molecule has 2 nitrogen and oxygen atoms in total. The van der Waals surface area contributed by atoms with Gasteiger partial charge in [0.1, 0.15) is 0 Å². The average Bonchev–Trinajstić information content (AvgIpc) is 2.85. The zero-order valence-corrected chi connectivity index (χ0v) is 13.6. The van der Waals surface area contributed by atoms with Crippen molar-refractivity contribution >= 4 is 11.3 Å². The minimum atomic E-state index is 0.237. The van der Waals surface area contributed by atoms with Gasteiger partial charge in [-0.1, -0.05) is 33.8 Å². The number of rotatable bonds is 6. The van der Waals surface area contributed by atoms with E-state index in [4.69, 9.17) is 4.74 Å². The molecule has 108 valence electrons. The Morgan fingerprint density at radius 3 is 2.68 bits per heavy atom. The highest BCUT2D eigenvalue weighted by Gasteiger charge is 2.49. The van der Waals surface area contributed by atoms with Crippen LogP contribution in [0.3, 0.4) is 0 Å². The highest BCUT2D eigenvalue weighted by molar-refractivity contribution is 7.10. The number of nitrogens with one attached hydrogen (secondary N) is 1. The van der Waals surface area contributed by atoms with Gasteiger partial charge in [-0.25, -0.2) is 0 Å². The van der Waals surface area contributed by atoms with E-state index in [9.17, 15) is 0 Å². The zero-order valence-electron chi connectivity index (χ0n) is 12.8. The van der Waals surface area contributed by atoms with Gasteiger partial charge in [0.2, 0.25) is 0 Å². The van der Waals surface area contributed by atoms with Crippen LogP contribution in [0.2, 0.25) is 0 Å². The molecule has 0 amide bonds. The lowest BCUT2D eigenvalue weighted by Gasteiger charge is -2.53. The molecule has 19 heavy (non-hydrogen) atoms. The summed E-state index contributed by atoms with van der Waals surface area (Å²) in [7, 11) is 0. The zero-order chi connectivity index (χ0) is 14.0. The molecular weight excluding hydrogens is 254 g/mol. The molecule has 3 unspecified atom stereocenters. The van der Waals surface area contributed by atoms with E-state index < -0.39 is 0 Å². The number of thiophene rings is 1. The van der Waals surface area contributed by atoms with Crippen LogP contribution in [0.5, 0.6) is 0 Å². The lowest BCUT2D eigenvalue weighted by atomic mass is 9.64. The van der Waals surface area contributed by atoms with Crippen molar-refractivity contribution in [2.45, 2.75) is 59.2 Å². The Labute approximate surface area is 121 Å². The fraction of sp³-hybridized carbons (Fsp3) is 0.750. The Kier molecular flexibility index (Phi) is 4.70. The molecule has 1 aromatic heterocycles. The van der Waals surface area contributed by atoms with Crippen LogP contribution in [0.1, 0.15) is 52.0 Å². The summed E-state index contributed by atoms with van der Waals surface area (Å²) in [4.78, 5) is 1.42. The number of hydrogen-bond donors (Lipinski definition) is 1. The second kappa shape index (κ2) is 5.94. The van der Waals surface area contributed by atoms with Gasteiger partial charge < -0.3 is 10.1 Å². The summed E-state index contributed by atoms with van der Waals surface area (Å²) in [5.41, 5.74) is 0.237. The maximum atomic E-state index is 6.02. The van der Waals surface area contributed by atoms with Crippen molar-refractivity contribution in [3.8, 4) is 0 Å². The summed E-state index contributed by atoms with van der Waals surface area (Å²) >= 11 is 1.83. The van der Waals surface area contributed by atoms with E-state index >= 15 is 0 Å². The minimum Gasteiger partial charge on any atom is -0.377 e. The molecule has 1 heterocycles. The molecule has 1 aromatic rings. The third-order valence-electron chi connectivity index (χ3n) is 4.23. The molecule has 3 atom stereocenters. The van der Waals surface area contributed by atoms with Crippen LogP contribution in [-0.4, -0.2) is 18.8 Å². The van der Waals surface area contributed by atoms with Crippen LogP contribution >= 0.6 is 11.3 Å². The van der Waals surface area contributed by atoms with E-state index in [1.807, 2.05) is 11.3 Å². The van der Waals surface area contributed by atoms with Gasteiger partial charge in [-0.2, -0.15) is 0 Å². The first kappa shape index (κ1) is 15.0. The van der Waals surface area contributed by atoms with Crippen molar-refractivity contribution in [2.24, 2.45) is 11.3 Å². The van der Waals surface area contributed by atoms with E-state index in [0.717, 1.165) is 13.0 Å². The third kappa shape index (κ3) is 3.39. The third-order valence-corrected chi connectivity index (χ3v) is 5.28. The van der Waals surface area contributed by atoms with Gasteiger partial charge in [0.15, 0.2) is 0 Å². The number of ether oxygens (including phenoxy) is 1. The smallest absolute Gasteiger partial charge is 0.0656 e. The van der Waals surface area contributed by atoms with Crippen LogP contribution in [0.25, 0.3) is 0 Å². The molecule has 1 fully saturated rings. The summed E-state index contributed by atoms with van der Waals surface area (Å²) in [5, 5.41) is 5.90. The van der Waals surface area contributed by atoms with Gasteiger partial charge in [0.05, 0.1) is 6.10 Å². The summed E-state index contributed by atoms with van der Waals surface area (Å²) in [6.45, 7) is 12.2. The van der Waals surface area contributed by atoms with Gasteiger partial charge in [-0.3, -0.25) is 0 Å². The van der Waals surface area contributed by atoms with Crippen molar-refractivity contribution < 1.29 is 4.74 Å². The maximum Gasteiger partial charge on any atom is 0.0656 e. The average molecular weight is 281 g/mol. The Morgan fingerprint density at radius 2 is 2.16 bits per heavy atom. The molecule has 0 radical (unpaired) electrons. The predicted molar refractivity (Wildman–Crippen MR) is 82.6 cm³/mol. The Balaban J connectivity index is 1.84. The molecule has 1 aliphatic carbocycles. The monoisotopic (exact) mass is 281 g/mol. The van der Waals surface area contributed by atoms with Gasteiger partial charge in [0.25, 0.3) is 0 Å². The van der Waals surface area contributed by atoms with Crippen molar-refractivity contribution in [1.82, 2.24) is 5.32 Å². The number of hydrogen-bond acceptors (Lipinski definition) is 3.